The molecule has 2 rings (SSSR count). The molecule has 3 heteroatoms. The van der Waals surface area contributed by atoms with E-state index in [9.17, 15) is 4.79 Å². The molecule has 0 saturated carbocycles. The van der Waals surface area contributed by atoms with Crippen molar-refractivity contribution in [2.24, 2.45) is 0 Å². The van der Waals surface area contributed by atoms with Crippen molar-refractivity contribution in [3.05, 3.63) is 45.8 Å². The highest BCUT2D eigenvalue weighted by Crippen LogP contribution is 2.17. The molecule has 0 spiro atoms. The van der Waals surface area contributed by atoms with Crippen LogP contribution in [0.5, 0.6) is 0 Å². The van der Waals surface area contributed by atoms with E-state index in [1.807, 2.05) is 19.1 Å². The van der Waals surface area contributed by atoms with Crippen LogP contribution in [0.2, 0.25) is 0 Å². The minimum Gasteiger partial charge on any atom is -0.423 e. The van der Waals surface area contributed by atoms with Crippen molar-refractivity contribution in [2.45, 2.75) is 6.92 Å². The maximum atomic E-state index is 11.1. The van der Waals surface area contributed by atoms with Crippen molar-refractivity contribution in [3.8, 4) is 6.07 Å². The van der Waals surface area contributed by atoms with Crippen LogP contribution in [-0.2, 0) is 0 Å². The Kier molecular flexibility index (Phi) is 1.83. The zero-order chi connectivity index (χ0) is 10.1. The summed E-state index contributed by atoms with van der Waals surface area (Å²) in [5, 5.41) is 9.48. The van der Waals surface area contributed by atoms with Crippen LogP contribution < -0.4 is 5.63 Å². The van der Waals surface area contributed by atoms with Gasteiger partial charge in [-0.3, -0.25) is 0 Å². The summed E-state index contributed by atoms with van der Waals surface area (Å²) in [4.78, 5) is 11.1. The van der Waals surface area contributed by atoms with Crippen LogP contribution in [-0.4, -0.2) is 0 Å². The minimum atomic E-state index is -0.486. The molecule has 0 atom stereocenters. The van der Waals surface area contributed by atoms with E-state index in [4.69, 9.17) is 9.68 Å². The quantitative estimate of drug-likeness (QED) is 0.589. The van der Waals surface area contributed by atoms with E-state index in [1.54, 1.807) is 12.1 Å². The monoisotopic (exact) mass is 185 g/mol. The highest BCUT2D eigenvalue weighted by Gasteiger charge is 2.04. The first-order valence-electron chi connectivity index (χ1n) is 4.15. The summed E-state index contributed by atoms with van der Waals surface area (Å²) in [5.74, 6) is 0. The lowest BCUT2D eigenvalue weighted by molar-refractivity contribution is 0.560. The zero-order valence-corrected chi connectivity index (χ0v) is 7.57. The highest BCUT2D eigenvalue weighted by molar-refractivity contribution is 5.83. The van der Waals surface area contributed by atoms with Crippen LogP contribution in [0.3, 0.4) is 0 Å². The summed E-state index contributed by atoms with van der Waals surface area (Å²) in [7, 11) is 0. The highest BCUT2D eigenvalue weighted by atomic mass is 16.4. The molecule has 0 N–H and O–H groups in total. The van der Waals surface area contributed by atoms with Crippen LogP contribution in [0.1, 0.15) is 11.1 Å². The van der Waals surface area contributed by atoms with Gasteiger partial charge in [0, 0.05) is 11.5 Å². The third kappa shape index (κ3) is 1.27. The lowest BCUT2D eigenvalue weighted by atomic mass is 10.1. The van der Waals surface area contributed by atoms with Gasteiger partial charge in [0.25, 0.3) is 0 Å². The van der Waals surface area contributed by atoms with Gasteiger partial charge in [0.05, 0.1) is 5.56 Å². The summed E-state index contributed by atoms with van der Waals surface area (Å²) < 4.78 is 4.98. The van der Waals surface area contributed by atoms with E-state index in [0.717, 1.165) is 5.56 Å². The number of aryl methyl sites for hydroxylation is 1. The Morgan fingerprint density at radius 1 is 1.36 bits per heavy atom. The van der Waals surface area contributed by atoms with Crippen molar-refractivity contribution in [1.29, 1.82) is 5.26 Å². The fraction of sp³-hybridized carbons (Fsp3) is 0.0909. The number of benzene rings is 1. The molecule has 0 aliphatic rings. The topological polar surface area (TPSA) is 54.0 Å². The van der Waals surface area contributed by atoms with Crippen LogP contribution in [0.4, 0.5) is 0 Å². The number of hydrogen-bond donors (Lipinski definition) is 0. The summed E-state index contributed by atoms with van der Waals surface area (Å²) in [5.41, 5.74) is 1.33. The molecule has 3 nitrogen and oxygen atoms in total. The molecular formula is C11H7NO2. The van der Waals surface area contributed by atoms with Gasteiger partial charge in [-0.15, -0.1) is 0 Å². The summed E-state index contributed by atoms with van der Waals surface area (Å²) in [6, 6.07) is 8.59. The van der Waals surface area contributed by atoms with Crippen LogP contribution in [0.15, 0.2) is 33.5 Å². The largest absolute Gasteiger partial charge is 0.423 e. The zero-order valence-electron chi connectivity index (χ0n) is 7.57. The molecule has 68 valence electrons. The Balaban J connectivity index is 2.97. The molecule has 0 amide bonds. The standard InChI is InChI=1S/C11H7NO2/c1-7-2-3-9-8(6-12)5-11(13)14-10(9)4-7/h2-5H,1H3. The molecule has 0 aliphatic carbocycles. The molecule has 2 aromatic rings. The summed E-state index contributed by atoms with van der Waals surface area (Å²) >= 11 is 0. The Hall–Kier alpha value is -2.08. The van der Waals surface area contributed by atoms with Crippen LogP contribution in [0, 0.1) is 18.3 Å². The third-order valence-electron chi connectivity index (χ3n) is 2.02. The number of nitrogens with zero attached hydrogens (tertiary/aromatic N) is 1. The van der Waals surface area contributed by atoms with Crippen LogP contribution >= 0.6 is 0 Å². The lowest BCUT2D eigenvalue weighted by Gasteiger charge is -1.98. The molecule has 1 heterocycles. The van der Waals surface area contributed by atoms with E-state index in [-0.39, 0.29) is 0 Å². The maximum absolute atomic E-state index is 11.1. The van der Waals surface area contributed by atoms with Crippen LogP contribution in [0.25, 0.3) is 11.0 Å². The fourth-order valence-electron chi connectivity index (χ4n) is 1.36. The normalized spacial score (nSPS) is 10.0. The van der Waals surface area contributed by atoms with Crippen molar-refractivity contribution in [1.82, 2.24) is 0 Å². The van der Waals surface area contributed by atoms with E-state index < -0.39 is 5.63 Å². The van der Waals surface area contributed by atoms with Crippen molar-refractivity contribution in [2.75, 3.05) is 0 Å². The second-order valence-electron chi connectivity index (χ2n) is 3.09. The minimum absolute atomic E-state index is 0.358. The van der Waals surface area contributed by atoms with Crippen molar-refractivity contribution < 1.29 is 4.42 Å². The molecule has 14 heavy (non-hydrogen) atoms. The van der Waals surface area contributed by atoms with Gasteiger partial charge in [0.15, 0.2) is 0 Å². The van der Waals surface area contributed by atoms with E-state index >= 15 is 0 Å². The maximum Gasteiger partial charge on any atom is 0.337 e. The molecule has 0 bridgehead atoms. The van der Waals surface area contributed by atoms with Gasteiger partial charge in [-0.25, -0.2) is 4.79 Å². The van der Waals surface area contributed by atoms with E-state index in [0.29, 0.717) is 16.5 Å². The number of nitriles is 1. The van der Waals surface area contributed by atoms with Gasteiger partial charge in [0.1, 0.15) is 11.7 Å². The number of rotatable bonds is 0. The van der Waals surface area contributed by atoms with Gasteiger partial charge in [-0.1, -0.05) is 6.07 Å². The average molecular weight is 185 g/mol. The predicted molar refractivity (Wildman–Crippen MR) is 51.9 cm³/mol. The Labute approximate surface area is 80.2 Å². The molecule has 0 fully saturated rings. The fourth-order valence-corrected chi connectivity index (χ4v) is 1.36. The van der Waals surface area contributed by atoms with Crippen molar-refractivity contribution in [3.63, 3.8) is 0 Å². The first kappa shape index (κ1) is 8.52. The van der Waals surface area contributed by atoms with Gasteiger partial charge in [-0.2, -0.15) is 5.26 Å². The first-order chi connectivity index (χ1) is 6.70. The van der Waals surface area contributed by atoms with Gasteiger partial charge in [-0.05, 0) is 24.6 Å². The van der Waals surface area contributed by atoms with E-state index in [1.165, 1.54) is 6.07 Å². The van der Waals surface area contributed by atoms with Gasteiger partial charge >= 0.3 is 5.63 Å². The van der Waals surface area contributed by atoms with Gasteiger partial charge in [0.2, 0.25) is 0 Å². The average Bonchev–Trinajstić information content (AvgIpc) is 2.15. The number of hydrogen-bond acceptors (Lipinski definition) is 3. The SMILES string of the molecule is Cc1ccc2c(C#N)cc(=O)oc2c1. The second-order valence-corrected chi connectivity index (χ2v) is 3.09. The second kappa shape index (κ2) is 3.00. The summed E-state index contributed by atoms with van der Waals surface area (Å²) in [6.45, 7) is 1.90. The Bertz CT molecular complexity index is 590. The molecule has 0 radical (unpaired) electrons. The Morgan fingerprint density at radius 2 is 2.14 bits per heavy atom. The molecule has 1 aromatic carbocycles. The van der Waals surface area contributed by atoms with E-state index in [2.05, 4.69) is 0 Å². The number of fused-ring (bicyclic) bond motifs is 1. The molecule has 0 aliphatic heterocycles. The molecular weight excluding hydrogens is 178 g/mol. The lowest BCUT2D eigenvalue weighted by Crippen LogP contribution is -1.98. The molecule has 0 unspecified atom stereocenters. The third-order valence-corrected chi connectivity index (χ3v) is 2.02. The molecule has 1 aromatic heterocycles. The summed E-state index contributed by atoms with van der Waals surface area (Å²) in [6.07, 6.45) is 0. The smallest absolute Gasteiger partial charge is 0.337 e. The predicted octanol–water partition coefficient (Wildman–Crippen LogP) is 1.97. The van der Waals surface area contributed by atoms with Gasteiger partial charge < -0.3 is 4.42 Å². The van der Waals surface area contributed by atoms with Crippen molar-refractivity contribution >= 4 is 11.0 Å². The molecule has 0 saturated heterocycles. The first-order valence-corrected chi connectivity index (χ1v) is 4.15. The Morgan fingerprint density at radius 3 is 2.86 bits per heavy atom.